The van der Waals surface area contributed by atoms with Crippen molar-refractivity contribution in [1.29, 1.82) is 0 Å². The predicted octanol–water partition coefficient (Wildman–Crippen LogP) is 1.56. The zero-order chi connectivity index (χ0) is 11.3. The van der Waals surface area contributed by atoms with Gasteiger partial charge in [-0.2, -0.15) is 0 Å². The van der Waals surface area contributed by atoms with Gasteiger partial charge in [-0.25, -0.2) is 0 Å². The largest absolute Gasteiger partial charge is 0.351 e. The van der Waals surface area contributed by atoms with Crippen LogP contribution in [0.5, 0.6) is 0 Å². The van der Waals surface area contributed by atoms with E-state index >= 15 is 0 Å². The Labute approximate surface area is 103 Å². The smallest absolute Gasteiger partial charge is 0.234 e. The van der Waals surface area contributed by atoms with Crippen LogP contribution in [0.3, 0.4) is 0 Å². The molecule has 0 spiro atoms. The van der Waals surface area contributed by atoms with Crippen LogP contribution in [0.2, 0.25) is 0 Å². The molecular formula is C12H19ClN2O. The predicted molar refractivity (Wildman–Crippen MR) is 68.9 cm³/mol. The summed E-state index contributed by atoms with van der Waals surface area (Å²) < 4.78 is 0. The minimum Gasteiger partial charge on any atom is -0.351 e. The number of amides is 1. The normalized spacial score (nSPS) is 9.44. The maximum atomic E-state index is 11.2. The van der Waals surface area contributed by atoms with E-state index in [4.69, 9.17) is 0 Å². The fourth-order valence-corrected chi connectivity index (χ4v) is 1.46. The first kappa shape index (κ1) is 14.9. The van der Waals surface area contributed by atoms with E-state index in [1.54, 1.807) is 7.05 Å². The van der Waals surface area contributed by atoms with Crippen molar-refractivity contribution in [2.24, 2.45) is 0 Å². The fraction of sp³-hybridized carbons (Fsp3) is 0.417. The third-order valence-corrected chi connectivity index (χ3v) is 2.31. The van der Waals surface area contributed by atoms with Crippen LogP contribution in [0.25, 0.3) is 0 Å². The van der Waals surface area contributed by atoms with E-state index in [1.807, 2.05) is 0 Å². The third kappa shape index (κ3) is 4.64. The highest BCUT2D eigenvalue weighted by atomic mass is 35.5. The van der Waals surface area contributed by atoms with Gasteiger partial charge in [0.25, 0.3) is 0 Å². The highest BCUT2D eigenvalue weighted by Gasteiger charge is 2.01. The average Bonchev–Trinajstić information content (AvgIpc) is 2.17. The Hall–Kier alpha value is -1.06. The van der Waals surface area contributed by atoms with Gasteiger partial charge in [0.15, 0.2) is 0 Å². The van der Waals surface area contributed by atoms with Gasteiger partial charge in [0.1, 0.15) is 0 Å². The summed E-state index contributed by atoms with van der Waals surface area (Å²) in [7, 11) is 1.76. The Balaban J connectivity index is 0.00000225. The lowest BCUT2D eigenvalue weighted by Gasteiger charge is -2.08. The molecular weight excluding hydrogens is 224 g/mol. The van der Waals surface area contributed by atoms with E-state index < -0.39 is 0 Å². The number of carbonyl (C=O) groups is 1. The minimum atomic E-state index is 0. The van der Waals surface area contributed by atoms with Gasteiger partial charge >= 0.3 is 0 Å². The third-order valence-electron chi connectivity index (χ3n) is 2.31. The molecule has 0 atom stereocenters. The van der Waals surface area contributed by atoms with Crippen LogP contribution < -0.4 is 10.6 Å². The van der Waals surface area contributed by atoms with Gasteiger partial charge in [-0.15, -0.1) is 12.4 Å². The van der Waals surface area contributed by atoms with Gasteiger partial charge in [0, 0.05) is 6.54 Å². The van der Waals surface area contributed by atoms with E-state index in [1.165, 1.54) is 16.7 Å². The standard InChI is InChI=1S/C12H18N2O.ClH/c1-9-4-5-11(10(2)6-9)7-14-12(15)8-13-3;/h4-6,13H,7-8H2,1-3H3,(H,14,15);1H. The van der Waals surface area contributed by atoms with Crippen molar-refractivity contribution in [1.82, 2.24) is 10.6 Å². The summed E-state index contributed by atoms with van der Waals surface area (Å²) in [6.45, 7) is 5.10. The SMILES string of the molecule is CNCC(=O)NCc1ccc(C)cc1C.Cl. The molecule has 0 fully saturated rings. The number of hydrogen-bond donors (Lipinski definition) is 2. The van der Waals surface area contributed by atoms with Crippen molar-refractivity contribution in [3.8, 4) is 0 Å². The summed E-state index contributed by atoms with van der Waals surface area (Å²) in [4.78, 5) is 11.2. The molecule has 0 aromatic heterocycles. The topological polar surface area (TPSA) is 41.1 Å². The number of benzene rings is 1. The first-order chi connectivity index (χ1) is 7.13. The highest BCUT2D eigenvalue weighted by molar-refractivity contribution is 5.85. The Bertz CT molecular complexity index is 353. The van der Waals surface area contributed by atoms with Gasteiger partial charge in [-0.3, -0.25) is 4.79 Å². The molecule has 0 heterocycles. The average molecular weight is 243 g/mol. The van der Waals surface area contributed by atoms with Crippen LogP contribution in [0.15, 0.2) is 18.2 Å². The molecule has 0 saturated carbocycles. The molecule has 0 aliphatic carbocycles. The molecule has 1 rings (SSSR count). The molecule has 1 aromatic rings. The zero-order valence-corrected chi connectivity index (χ0v) is 10.8. The number of halogens is 1. The quantitative estimate of drug-likeness (QED) is 0.842. The molecule has 4 heteroatoms. The second kappa shape index (κ2) is 7.25. The monoisotopic (exact) mass is 242 g/mol. The lowest BCUT2D eigenvalue weighted by atomic mass is 10.1. The maximum Gasteiger partial charge on any atom is 0.234 e. The van der Waals surface area contributed by atoms with Gasteiger partial charge in [0.2, 0.25) is 5.91 Å². The van der Waals surface area contributed by atoms with Crippen molar-refractivity contribution in [3.63, 3.8) is 0 Å². The molecule has 0 aliphatic heterocycles. The first-order valence-corrected chi connectivity index (χ1v) is 5.11. The molecule has 3 nitrogen and oxygen atoms in total. The highest BCUT2D eigenvalue weighted by Crippen LogP contribution is 2.09. The Kier molecular flexibility index (Phi) is 6.77. The molecule has 1 amide bonds. The lowest BCUT2D eigenvalue weighted by Crippen LogP contribution is -2.31. The molecule has 90 valence electrons. The number of likely N-dealkylation sites (N-methyl/N-ethyl adjacent to an activating group) is 1. The fourth-order valence-electron chi connectivity index (χ4n) is 1.46. The van der Waals surface area contributed by atoms with Crippen LogP contribution in [0.1, 0.15) is 16.7 Å². The van der Waals surface area contributed by atoms with Gasteiger partial charge in [0.05, 0.1) is 6.54 Å². The van der Waals surface area contributed by atoms with Crippen molar-refractivity contribution in [3.05, 3.63) is 34.9 Å². The van der Waals surface area contributed by atoms with Crippen LogP contribution in [0.4, 0.5) is 0 Å². The second-order valence-electron chi connectivity index (χ2n) is 3.74. The summed E-state index contributed by atoms with van der Waals surface area (Å²) in [6, 6.07) is 6.25. The van der Waals surface area contributed by atoms with Crippen molar-refractivity contribution in [2.45, 2.75) is 20.4 Å². The first-order valence-electron chi connectivity index (χ1n) is 5.11. The van der Waals surface area contributed by atoms with E-state index in [0.717, 1.165) is 0 Å². The van der Waals surface area contributed by atoms with Crippen molar-refractivity contribution in [2.75, 3.05) is 13.6 Å². The lowest BCUT2D eigenvalue weighted by molar-refractivity contribution is -0.120. The minimum absolute atomic E-state index is 0. The second-order valence-corrected chi connectivity index (χ2v) is 3.74. The maximum absolute atomic E-state index is 11.2. The molecule has 0 saturated heterocycles. The number of aryl methyl sites for hydroxylation is 2. The Morgan fingerprint density at radius 2 is 2.00 bits per heavy atom. The van der Waals surface area contributed by atoms with E-state index in [2.05, 4.69) is 42.7 Å². The summed E-state index contributed by atoms with van der Waals surface area (Å²) in [5.41, 5.74) is 3.64. The summed E-state index contributed by atoms with van der Waals surface area (Å²) in [5.74, 6) is 0.0254. The van der Waals surface area contributed by atoms with Crippen LogP contribution >= 0.6 is 12.4 Å². The molecule has 0 unspecified atom stereocenters. The van der Waals surface area contributed by atoms with Gasteiger partial charge in [-0.1, -0.05) is 23.8 Å². The number of hydrogen-bond acceptors (Lipinski definition) is 2. The zero-order valence-electron chi connectivity index (χ0n) is 9.96. The van der Waals surface area contributed by atoms with E-state index in [0.29, 0.717) is 13.1 Å². The van der Waals surface area contributed by atoms with Crippen molar-refractivity contribution < 1.29 is 4.79 Å². The molecule has 0 radical (unpaired) electrons. The summed E-state index contributed by atoms with van der Waals surface area (Å²) >= 11 is 0. The Morgan fingerprint density at radius 3 is 2.56 bits per heavy atom. The van der Waals surface area contributed by atoms with Crippen molar-refractivity contribution >= 4 is 18.3 Å². The van der Waals surface area contributed by atoms with Crippen LogP contribution in [0, 0.1) is 13.8 Å². The number of nitrogens with one attached hydrogen (secondary N) is 2. The molecule has 2 N–H and O–H groups in total. The molecule has 1 aromatic carbocycles. The summed E-state index contributed by atoms with van der Waals surface area (Å²) in [5, 5.41) is 5.67. The summed E-state index contributed by atoms with van der Waals surface area (Å²) in [6.07, 6.45) is 0. The van der Waals surface area contributed by atoms with Gasteiger partial charge in [-0.05, 0) is 32.0 Å². The number of carbonyl (C=O) groups excluding carboxylic acids is 1. The number of rotatable bonds is 4. The van der Waals surface area contributed by atoms with E-state index in [9.17, 15) is 4.79 Å². The Morgan fingerprint density at radius 1 is 1.31 bits per heavy atom. The van der Waals surface area contributed by atoms with Gasteiger partial charge < -0.3 is 10.6 Å². The van der Waals surface area contributed by atoms with Crippen LogP contribution in [-0.4, -0.2) is 19.5 Å². The molecule has 0 bridgehead atoms. The molecule has 16 heavy (non-hydrogen) atoms. The molecule has 0 aliphatic rings. The van der Waals surface area contributed by atoms with Crippen LogP contribution in [-0.2, 0) is 11.3 Å². The van der Waals surface area contributed by atoms with E-state index in [-0.39, 0.29) is 18.3 Å².